The predicted molar refractivity (Wildman–Crippen MR) is 77.6 cm³/mol. The molecular weight excluding hydrogens is 256 g/mol. The Labute approximate surface area is 118 Å². The summed E-state index contributed by atoms with van der Waals surface area (Å²) in [6.07, 6.45) is 2.15. The highest BCUT2D eigenvalue weighted by molar-refractivity contribution is 5.95. The Morgan fingerprint density at radius 1 is 1.30 bits per heavy atom. The number of hydrogen-bond donors (Lipinski definition) is 2. The van der Waals surface area contributed by atoms with E-state index >= 15 is 0 Å². The van der Waals surface area contributed by atoms with Crippen LogP contribution in [-0.4, -0.2) is 25.7 Å². The SMILES string of the molecule is COc1ccc(OC)c2c1CC(C)(C)N/C2=C\C(N)=O. The third-order valence-electron chi connectivity index (χ3n) is 3.32. The summed E-state index contributed by atoms with van der Waals surface area (Å²) in [6, 6.07) is 3.70. The third-order valence-corrected chi connectivity index (χ3v) is 3.32. The van der Waals surface area contributed by atoms with Crippen LogP contribution in [0, 0.1) is 0 Å². The highest BCUT2D eigenvalue weighted by atomic mass is 16.5. The van der Waals surface area contributed by atoms with E-state index in [9.17, 15) is 4.79 Å². The van der Waals surface area contributed by atoms with Crippen LogP contribution < -0.4 is 20.5 Å². The molecule has 0 aliphatic carbocycles. The maximum absolute atomic E-state index is 11.3. The zero-order valence-electron chi connectivity index (χ0n) is 12.2. The number of carbonyl (C=O) groups is 1. The molecule has 5 heteroatoms. The molecule has 1 aromatic rings. The highest BCUT2D eigenvalue weighted by Crippen LogP contribution is 2.40. The minimum atomic E-state index is -0.499. The van der Waals surface area contributed by atoms with Gasteiger partial charge in [-0.15, -0.1) is 0 Å². The highest BCUT2D eigenvalue weighted by Gasteiger charge is 2.32. The fraction of sp³-hybridized carbons (Fsp3) is 0.400. The van der Waals surface area contributed by atoms with Gasteiger partial charge in [-0.25, -0.2) is 0 Å². The van der Waals surface area contributed by atoms with Gasteiger partial charge in [0.25, 0.3) is 0 Å². The molecule has 0 unspecified atom stereocenters. The molecule has 0 saturated carbocycles. The standard InChI is InChI=1S/C15H20N2O3/c1-15(2)8-9-11(19-3)5-6-12(20-4)14(9)10(17-15)7-13(16)18/h5-7,17H,8H2,1-4H3,(H2,16,18)/b10-7-. The predicted octanol–water partition coefficient (Wildman–Crippen LogP) is 1.45. The summed E-state index contributed by atoms with van der Waals surface area (Å²) in [5.74, 6) is 0.975. The van der Waals surface area contributed by atoms with Crippen LogP contribution in [0.4, 0.5) is 0 Å². The molecule has 108 valence electrons. The third kappa shape index (κ3) is 2.57. The number of nitrogens with two attached hydrogens (primary N) is 1. The molecule has 0 atom stereocenters. The molecule has 1 aromatic carbocycles. The van der Waals surface area contributed by atoms with E-state index in [0.29, 0.717) is 11.4 Å². The van der Waals surface area contributed by atoms with Crippen LogP contribution in [0.3, 0.4) is 0 Å². The van der Waals surface area contributed by atoms with Gasteiger partial charge in [-0.1, -0.05) is 0 Å². The van der Waals surface area contributed by atoms with E-state index in [0.717, 1.165) is 23.3 Å². The molecule has 1 aliphatic heterocycles. The second-order valence-corrected chi connectivity index (χ2v) is 5.47. The maximum atomic E-state index is 11.3. The van der Waals surface area contributed by atoms with Crippen LogP contribution >= 0.6 is 0 Å². The van der Waals surface area contributed by atoms with E-state index < -0.39 is 5.91 Å². The summed E-state index contributed by atoms with van der Waals surface area (Å²) in [4.78, 5) is 11.3. The van der Waals surface area contributed by atoms with Gasteiger partial charge in [-0.2, -0.15) is 0 Å². The molecule has 0 aromatic heterocycles. The lowest BCUT2D eigenvalue weighted by Gasteiger charge is -2.36. The van der Waals surface area contributed by atoms with Crippen molar-refractivity contribution in [2.75, 3.05) is 14.2 Å². The molecule has 0 saturated heterocycles. The first kappa shape index (κ1) is 14.2. The second kappa shape index (κ2) is 5.07. The number of rotatable bonds is 3. The molecule has 1 heterocycles. The zero-order chi connectivity index (χ0) is 14.9. The smallest absolute Gasteiger partial charge is 0.243 e. The molecular formula is C15H20N2O3. The van der Waals surface area contributed by atoms with Crippen molar-refractivity contribution in [1.82, 2.24) is 5.32 Å². The van der Waals surface area contributed by atoms with Crippen molar-refractivity contribution in [2.45, 2.75) is 25.8 Å². The first-order chi connectivity index (χ1) is 9.38. The number of benzene rings is 1. The summed E-state index contributed by atoms with van der Waals surface area (Å²) in [6.45, 7) is 4.12. The maximum Gasteiger partial charge on any atom is 0.243 e. The first-order valence-electron chi connectivity index (χ1n) is 6.41. The van der Waals surface area contributed by atoms with Crippen molar-refractivity contribution in [3.05, 3.63) is 29.3 Å². The van der Waals surface area contributed by atoms with Gasteiger partial charge in [0.2, 0.25) is 5.91 Å². The largest absolute Gasteiger partial charge is 0.496 e. The van der Waals surface area contributed by atoms with E-state index in [1.54, 1.807) is 14.2 Å². The van der Waals surface area contributed by atoms with Crippen molar-refractivity contribution in [1.29, 1.82) is 0 Å². The number of amides is 1. The molecule has 0 spiro atoms. The van der Waals surface area contributed by atoms with E-state index in [1.807, 2.05) is 12.1 Å². The molecule has 1 amide bonds. The van der Waals surface area contributed by atoms with Gasteiger partial charge >= 0.3 is 0 Å². The van der Waals surface area contributed by atoms with Crippen LogP contribution in [0.1, 0.15) is 25.0 Å². The summed E-state index contributed by atoms with van der Waals surface area (Å²) >= 11 is 0. The Bertz CT molecular complexity index is 577. The monoisotopic (exact) mass is 276 g/mol. The van der Waals surface area contributed by atoms with Crippen LogP contribution in [0.25, 0.3) is 5.70 Å². The minimum Gasteiger partial charge on any atom is -0.496 e. The Morgan fingerprint density at radius 3 is 2.45 bits per heavy atom. The van der Waals surface area contributed by atoms with Gasteiger partial charge < -0.3 is 20.5 Å². The van der Waals surface area contributed by atoms with Crippen molar-refractivity contribution in [2.24, 2.45) is 5.73 Å². The molecule has 0 fully saturated rings. The van der Waals surface area contributed by atoms with Gasteiger partial charge in [0.05, 0.1) is 19.9 Å². The van der Waals surface area contributed by atoms with Gasteiger partial charge in [0.1, 0.15) is 11.5 Å². The lowest BCUT2D eigenvalue weighted by Crippen LogP contribution is -2.44. The fourth-order valence-electron chi connectivity index (χ4n) is 2.60. The average molecular weight is 276 g/mol. The molecule has 20 heavy (non-hydrogen) atoms. The van der Waals surface area contributed by atoms with E-state index in [4.69, 9.17) is 15.2 Å². The van der Waals surface area contributed by atoms with E-state index in [2.05, 4.69) is 19.2 Å². The molecule has 1 aliphatic rings. The van der Waals surface area contributed by atoms with Gasteiger partial charge in [-0.3, -0.25) is 4.79 Å². The number of methoxy groups -OCH3 is 2. The molecule has 0 bridgehead atoms. The quantitative estimate of drug-likeness (QED) is 0.820. The van der Waals surface area contributed by atoms with Crippen LogP contribution in [0.15, 0.2) is 18.2 Å². The lowest BCUT2D eigenvalue weighted by atomic mass is 9.84. The van der Waals surface area contributed by atoms with E-state index in [1.165, 1.54) is 6.08 Å². The van der Waals surface area contributed by atoms with Crippen molar-refractivity contribution < 1.29 is 14.3 Å². The van der Waals surface area contributed by atoms with E-state index in [-0.39, 0.29) is 5.54 Å². The number of nitrogens with one attached hydrogen (secondary N) is 1. The molecule has 3 N–H and O–H groups in total. The number of ether oxygens (including phenoxy) is 2. The number of fused-ring (bicyclic) bond motifs is 1. The van der Waals surface area contributed by atoms with Crippen LogP contribution in [0.2, 0.25) is 0 Å². The number of hydrogen-bond acceptors (Lipinski definition) is 4. The second-order valence-electron chi connectivity index (χ2n) is 5.47. The zero-order valence-corrected chi connectivity index (χ0v) is 12.2. The number of carbonyl (C=O) groups excluding carboxylic acids is 1. The van der Waals surface area contributed by atoms with Crippen molar-refractivity contribution in [3.63, 3.8) is 0 Å². The first-order valence-corrected chi connectivity index (χ1v) is 6.41. The lowest BCUT2D eigenvalue weighted by molar-refractivity contribution is -0.113. The van der Waals surface area contributed by atoms with Crippen molar-refractivity contribution >= 4 is 11.6 Å². The van der Waals surface area contributed by atoms with Crippen LogP contribution in [-0.2, 0) is 11.2 Å². The summed E-state index contributed by atoms with van der Waals surface area (Å²) in [5, 5.41) is 3.33. The summed E-state index contributed by atoms with van der Waals surface area (Å²) in [5.41, 5.74) is 7.62. The van der Waals surface area contributed by atoms with Gasteiger partial charge in [0, 0.05) is 22.7 Å². The normalized spacial score (nSPS) is 18.1. The summed E-state index contributed by atoms with van der Waals surface area (Å²) in [7, 11) is 3.23. The Balaban J connectivity index is 2.71. The van der Waals surface area contributed by atoms with Crippen LogP contribution in [0.5, 0.6) is 11.5 Å². The van der Waals surface area contributed by atoms with Crippen molar-refractivity contribution in [3.8, 4) is 11.5 Å². The topological polar surface area (TPSA) is 73.6 Å². The Hall–Kier alpha value is -2.17. The Morgan fingerprint density at radius 2 is 1.90 bits per heavy atom. The van der Waals surface area contributed by atoms with Gasteiger partial charge in [-0.05, 0) is 32.4 Å². The molecule has 0 radical (unpaired) electrons. The average Bonchev–Trinajstić information content (AvgIpc) is 2.35. The minimum absolute atomic E-state index is 0.200. The summed E-state index contributed by atoms with van der Waals surface area (Å²) < 4.78 is 10.8. The number of primary amides is 1. The fourth-order valence-corrected chi connectivity index (χ4v) is 2.60. The molecule has 2 rings (SSSR count). The molecule has 5 nitrogen and oxygen atoms in total. The van der Waals surface area contributed by atoms with Gasteiger partial charge in [0.15, 0.2) is 0 Å². The Kier molecular flexibility index (Phi) is 3.61.